The number of hydrogen-bond donors (Lipinski definition) is 1. The van der Waals surface area contributed by atoms with Crippen LogP contribution in [0.4, 0.5) is 0 Å². The van der Waals surface area contributed by atoms with E-state index in [9.17, 15) is 5.11 Å². The van der Waals surface area contributed by atoms with E-state index >= 15 is 0 Å². The monoisotopic (exact) mass is 302 g/mol. The molecule has 0 unspecified atom stereocenters. The smallest absolute Gasteiger partial charge is 0.0792 e. The Kier molecular flexibility index (Phi) is 4.61. The summed E-state index contributed by atoms with van der Waals surface area (Å²) >= 11 is 0. The Morgan fingerprint density at radius 2 is 1.95 bits per heavy atom. The fraction of sp³-hybridized carbons (Fsp3) is 0.700. The molecule has 7 atom stereocenters. The lowest BCUT2D eigenvalue weighted by Gasteiger charge is -2.41. The van der Waals surface area contributed by atoms with Crippen molar-refractivity contribution in [3.63, 3.8) is 0 Å². The molecule has 2 nitrogen and oxygen atoms in total. The maximum absolute atomic E-state index is 10.5. The van der Waals surface area contributed by atoms with Gasteiger partial charge in [-0.3, -0.25) is 0 Å². The third kappa shape index (κ3) is 2.83. The summed E-state index contributed by atoms with van der Waals surface area (Å²) in [5.74, 6) is 2.52. The molecule has 3 rings (SSSR count). The summed E-state index contributed by atoms with van der Waals surface area (Å²) in [6, 6.07) is 0. The van der Waals surface area contributed by atoms with Gasteiger partial charge in [-0.15, -0.1) is 0 Å². The Hall–Kier alpha value is -0.860. The number of hydrogen-bond acceptors (Lipinski definition) is 2. The van der Waals surface area contributed by atoms with Crippen molar-refractivity contribution in [2.75, 3.05) is 6.61 Å². The van der Waals surface area contributed by atoms with E-state index in [1.165, 1.54) is 11.1 Å². The molecule has 1 saturated carbocycles. The van der Waals surface area contributed by atoms with Gasteiger partial charge in [0.2, 0.25) is 0 Å². The average Bonchev–Trinajstić information content (AvgIpc) is 3.00. The maximum atomic E-state index is 10.5. The van der Waals surface area contributed by atoms with Gasteiger partial charge in [-0.25, -0.2) is 0 Å². The number of allylic oxidation sites excluding steroid dienone is 5. The van der Waals surface area contributed by atoms with Crippen LogP contribution < -0.4 is 0 Å². The van der Waals surface area contributed by atoms with Gasteiger partial charge in [-0.2, -0.15) is 0 Å². The summed E-state index contributed by atoms with van der Waals surface area (Å²) in [7, 11) is 0. The van der Waals surface area contributed by atoms with Gasteiger partial charge in [0, 0.05) is 5.92 Å². The molecule has 22 heavy (non-hydrogen) atoms. The van der Waals surface area contributed by atoms with Crippen molar-refractivity contribution < 1.29 is 9.84 Å². The van der Waals surface area contributed by atoms with Crippen LogP contribution in [0.3, 0.4) is 0 Å². The number of rotatable bonds is 3. The molecule has 3 aliphatic rings. The molecular weight excluding hydrogens is 272 g/mol. The van der Waals surface area contributed by atoms with Crippen molar-refractivity contribution in [3.8, 4) is 0 Å². The van der Waals surface area contributed by atoms with Crippen molar-refractivity contribution in [1.29, 1.82) is 0 Å². The van der Waals surface area contributed by atoms with Gasteiger partial charge in [0.15, 0.2) is 0 Å². The van der Waals surface area contributed by atoms with Gasteiger partial charge in [0.1, 0.15) is 0 Å². The first-order chi connectivity index (χ1) is 10.5. The maximum Gasteiger partial charge on any atom is 0.0792 e. The van der Waals surface area contributed by atoms with Crippen molar-refractivity contribution >= 4 is 0 Å². The fourth-order valence-corrected chi connectivity index (χ4v) is 4.84. The largest absolute Gasteiger partial charge is 0.393 e. The number of aliphatic hydroxyl groups excluding tert-OH is 1. The Labute approximate surface area is 134 Å². The molecule has 1 aliphatic heterocycles. The molecule has 1 saturated heterocycles. The van der Waals surface area contributed by atoms with E-state index in [2.05, 4.69) is 52.0 Å². The van der Waals surface area contributed by atoms with Crippen LogP contribution in [-0.2, 0) is 4.74 Å². The second kappa shape index (κ2) is 6.33. The minimum atomic E-state index is -0.199. The molecule has 0 aromatic carbocycles. The first-order valence-corrected chi connectivity index (χ1v) is 8.77. The SMILES string of the molecule is CC(C)=CC/C=C(/C)[C@@H]1C[C@@H](O)[C@H]2CO[C@H]3C=C[C@@H](C)[C@H]3[C@@H]21. The van der Waals surface area contributed by atoms with E-state index in [1.807, 2.05) is 0 Å². The number of ether oxygens (including phenoxy) is 1. The quantitative estimate of drug-likeness (QED) is 0.795. The zero-order valence-corrected chi connectivity index (χ0v) is 14.3. The van der Waals surface area contributed by atoms with Crippen LogP contribution in [0, 0.1) is 29.6 Å². The van der Waals surface area contributed by atoms with Crippen molar-refractivity contribution in [1.82, 2.24) is 0 Å². The molecule has 122 valence electrons. The van der Waals surface area contributed by atoms with Crippen LogP contribution in [0.2, 0.25) is 0 Å². The van der Waals surface area contributed by atoms with Crippen molar-refractivity contribution in [3.05, 3.63) is 35.5 Å². The second-order valence-corrected chi connectivity index (χ2v) is 7.74. The molecule has 1 heterocycles. The van der Waals surface area contributed by atoms with E-state index in [0.29, 0.717) is 29.6 Å². The molecule has 0 spiro atoms. The number of aliphatic hydroxyl groups is 1. The lowest BCUT2D eigenvalue weighted by atomic mass is 9.70. The highest BCUT2D eigenvalue weighted by Gasteiger charge is 2.53. The van der Waals surface area contributed by atoms with Gasteiger partial charge >= 0.3 is 0 Å². The Morgan fingerprint density at radius 1 is 1.18 bits per heavy atom. The average molecular weight is 302 g/mol. The second-order valence-electron chi connectivity index (χ2n) is 7.74. The fourth-order valence-electron chi connectivity index (χ4n) is 4.84. The van der Waals surface area contributed by atoms with Crippen LogP contribution in [0.25, 0.3) is 0 Å². The van der Waals surface area contributed by atoms with E-state index < -0.39 is 0 Å². The van der Waals surface area contributed by atoms with E-state index in [0.717, 1.165) is 19.4 Å². The predicted molar refractivity (Wildman–Crippen MR) is 90.4 cm³/mol. The Bertz CT molecular complexity index is 498. The predicted octanol–water partition coefficient (Wildman–Crippen LogP) is 4.12. The van der Waals surface area contributed by atoms with Crippen LogP contribution in [0.1, 0.15) is 40.5 Å². The number of fused-ring (bicyclic) bond motifs is 3. The standard InChI is InChI=1S/C20H30O2/c1-12(2)6-5-7-13(3)15-10-17(21)16-11-22-18-9-8-14(4)19(18)20(15)16/h6-9,14-21H,5,10-11H2,1-4H3/b13-7-/t14-,15+,16-,17-,18+,19-,20-/m1/s1. The van der Waals surface area contributed by atoms with E-state index in [-0.39, 0.29) is 12.2 Å². The molecule has 0 amide bonds. The molecule has 0 aromatic rings. The summed E-state index contributed by atoms with van der Waals surface area (Å²) in [6.45, 7) is 9.58. The Morgan fingerprint density at radius 3 is 2.68 bits per heavy atom. The lowest BCUT2D eigenvalue weighted by molar-refractivity contribution is -0.0894. The molecule has 2 aliphatic carbocycles. The minimum Gasteiger partial charge on any atom is -0.393 e. The summed E-state index contributed by atoms with van der Waals surface area (Å²) in [6.07, 6.45) is 11.2. The van der Waals surface area contributed by atoms with Crippen LogP contribution in [0.15, 0.2) is 35.5 Å². The third-order valence-corrected chi connectivity index (χ3v) is 6.02. The lowest BCUT2D eigenvalue weighted by Crippen LogP contribution is -2.44. The van der Waals surface area contributed by atoms with E-state index in [1.54, 1.807) is 0 Å². The van der Waals surface area contributed by atoms with Gasteiger partial charge < -0.3 is 9.84 Å². The topological polar surface area (TPSA) is 29.5 Å². The summed E-state index contributed by atoms with van der Waals surface area (Å²) in [4.78, 5) is 0. The molecule has 2 heteroatoms. The van der Waals surface area contributed by atoms with Crippen LogP contribution in [0.5, 0.6) is 0 Å². The zero-order valence-electron chi connectivity index (χ0n) is 14.3. The first-order valence-electron chi connectivity index (χ1n) is 8.77. The molecule has 0 bridgehead atoms. The minimum absolute atomic E-state index is 0.199. The van der Waals surface area contributed by atoms with Crippen molar-refractivity contribution in [2.24, 2.45) is 29.6 Å². The van der Waals surface area contributed by atoms with Gasteiger partial charge in [0.25, 0.3) is 0 Å². The third-order valence-electron chi connectivity index (χ3n) is 6.02. The summed E-state index contributed by atoms with van der Waals surface area (Å²) in [5.41, 5.74) is 2.83. The van der Waals surface area contributed by atoms with Gasteiger partial charge in [0.05, 0.1) is 18.8 Å². The molecular formula is C20H30O2. The van der Waals surface area contributed by atoms with Gasteiger partial charge in [-0.05, 0) is 57.3 Å². The molecule has 0 aromatic heterocycles. The molecule has 1 N–H and O–H groups in total. The highest BCUT2D eigenvalue weighted by Crippen LogP contribution is 2.53. The highest BCUT2D eigenvalue weighted by atomic mass is 16.5. The van der Waals surface area contributed by atoms with Crippen LogP contribution >= 0.6 is 0 Å². The normalized spacial score (nSPS) is 43.9. The van der Waals surface area contributed by atoms with Crippen LogP contribution in [-0.4, -0.2) is 23.9 Å². The van der Waals surface area contributed by atoms with Gasteiger partial charge in [-0.1, -0.05) is 42.4 Å². The molecule has 0 radical (unpaired) electrons. The summed E-state index contributed by atoms with van der Waals surface area (Å²) in [5, 5.41) is 10.5. The molecule has 2 fully saturated rings. The Balaban J connectivity index is 1.81. The van der Waals surface area contributed by atoms with E-state index in [4.69, 9.17) is 4.74 Å². The zero-order chi connectivity index (χ0) is 15.9. The first kappa shape index (κ1) is 16.0. The van der Waals surface area contributed by atoms with Crippen molar-refractivity contribution in [2.45, 2.75) is 52.7 Å². The summed E-state index contributed by atoms with van der Waals surface area (Å²) < 4.78 is 6.02. The highest BCUT2D eigenvalue weighted by molar-refractivity contribution is 5.19.